The highest BCUT2D eigenvalue weighted by molar-refractivity contribution is 6.04. The molecule has 0 N–H and O–H groups in total. The van der Waals surface area contributed by atoms with E-state index in [2.05, 4.69) is 0 Å². The van der Waals surface area contributed by atoms with E-state index in [1.165, 1.54) is 36.4 Å². The van der Waals surface area contributed by atoms with Crippen molar-refractivity contribution in [3.63, 3.8) is 0 Å². The van der Waals surface area contributed by atoms with Gasteiger partial charge in [0, 0.05) is 29.8 Å². The Kier molecular flexibility index (Phi) is 3.29. The Hall–Kier alpha value is -4.04. The van der Waals surface area contributed by atoms with E-state index in [0.29, 0.717) is 27.8 Å². The molecule has 0 aromatic heterocycles. The minimum Gasteiger partial charge on any atom is -0.258 e. The van der Waals surface area contributed by atoms with Gasteiger partial charge in [-0.3, -0.25) is 20.2 Å². The Bertz CT molecular complexity index is 960. The molecular weight excluding hydrogens is 312 g/mol. The Morgan fingerprint density at radius 1 is 0.792 bits per heavy atom. The van der Waals surface area contributed by atoms with Crippen LogP contribution in [0.3, 0.4) is 0 Å². The molecule has 0 amide bonds. The Balaban J connectivity index is 2.42. The lowest BCUT2D eigenvalue weighted by Crippen LogP contribution is -1.90. The first-order valence-electron chi connectivity index (χ1n) is 6.60. The van der Waals surface area contributed by atoms with Crippen molar-refractivity contribution in [1.82, 2.24) is 0 Å². The van der Waals surface area contributed by atoms with E-state index in [-0.39, 0.29) is 16.9 Å². The number of non-ortho nitro benzene ring substituents is 2. The lowest BCUT2D eigenvalue weighted by molar-refractivity contribution is -0.385. The van der Waals surface area contributed by atoms with Crippen LogP contribution in [0.4, 0.5) is 11.4 Å². The van der Waals surface area contributed by atoms with E-state index >= 15 is 0 Å². The van der Waals surface area contributed by atoms with Crippen LogP contribution < -0.4 is 0 Å². The third-order valence-corrected chi connectivity index (χ3v) is 3.73. The third kappa shape index (κ3) is 2.07. The number of nitro groups is 2. The second-order valence-corrected chi connectivity index (χ2v) is 4.95. The van der Waals surface area contributed by atoms with Gasteiger partial charge in [0.15, 0.2) is 0 Å². The molecule has 0 saturated heterocycles. The van der Waals surface area contributed by atoms with Gasteiger partial charge in [0.25, 0.3) is 11.4 Å². The van der Waals surface area contributed by atoms with Crippen LogP contribution in [0.1, 0.15) is 11.1 Å². The van der Waals surface area contributed by atoms with Crippen LogP contribution in [0, 0.1) is 42.9 Å². The first-order valence-corrected chi connectivity index (χ1v) is 6.60. The van der Waals surface area contributed by atoms with Crippen molar-refractivity contribution in [2.45, 2.75) is 0 Å². The van der Waals surface area contributed by atoms with Crippen LogP contribution in [0.15, 0.2) is 42.0 Å². The molecule has 24 heavy (non-hydrogen) atoms. The van der Waals surface area contributed by atoms with E-state index in [0.717, 1.165) is 0 Å². The SMILES string of the molecule is N#CC(C#N)=C1c2ccc([N+](=O)[O-])cc2-c2cc([N+](=O)[O-])ccc21. The molecular formula is C16H6N4O4. The topological polar surface area (TPSA) is 134 Å². The molecule has 0 atom stereocenters. The summed E-state index contributed by atoms with van der Waals surface area (Å²) in [5.41, 5.74) is 1.53. The number of fused-ring (bicyclic) bond motifs is 3. The molecule has 3 rings (SSSR count). The molecule has 2 aromatic rings. The highest BCUT2D eigenvalue weighted by Gasteiger charge is 2.29. The second kappa shape index (κ2) is 5.30. The molecule has 8 nitrogen and oxygen atoms in total. The smallest absolute Gasteiger partial charge is 0.258 e. The van der Waals surface area contributed by atoms with Crippen molar-refractivity contribution in [2.75, 3.05) is 0 Å². The summed E-state index contributed by atoms with van der Waals surface area (Å²) in [5, 5.41) is 40.3. The number of nitriles is 2. The quantitative estimate of drug-likeness (QED) is 0.404. The minimum absolute atomic E-state index is 0.155. The predicted molar refractivity (Wildman–Crippen MR) is 82.4 cm³/mol. The van der Waals surface area contributed by atoms with Crippen LogP contribution in [0.5, 0.6) is 0 Å². The molecule has 0 spiro atoms. The first kappa shape index (κ1) is 14.9. The standard InChI is InChI=1S/C16H6N4O4/c17-7-9(8-18)16-12-3-1-10(19(21)22)5-14(12)15-6-11(20(23)24)2-4-13(15)16/h1-6H. The molecule has 0 unspecified atom stereocenters. The van der Waals surface area contributed by atoms with Gasteiger partial charge in [-0.1, -0.05) is 0 Å². The van der Waals surface area contributed by atoms with Crippen LogP contribution in [0.25, 0.3) is 16.7 Å². The maximum absolute atomic E-state index is 11.0. The number of benzene rings is 2. The van der Waals surface area contributed by atoms with Gasteiger partial charge in [0.2, 0.25) is 0 Å². The van der Waals surface area contributed by atoms with Crippen LogP contribution >= 0.6 is 0 Å². The Morgan fingerprint density at radius 3 is 1.54 bits per heavy atom. The normalized spacial score (nSPS) is 11.0. The van der Waals surface area contributed by atoms with E-state index in [1.807, 2.05) is 0 Å². The van der Waals surface area contributed by atoms with Crippen molar-refractivity contribution in [3.8, 4) is 23.3 Å². The molecule has 0 fully saturated rings. The van der Waals surface area contributed by atoms with Gasteiger partial charge in [-0.15, -0.1) is 0 Å². The van der Waals surface area contributed by atoms with Crippen molar-refractivity contribution >= 4 is 16.9 Å². The van der Waals surface area contributed by atoms with E-state index in [1.54, 1.807) is 12.1 Å². The summed E-state index contributed by atoms with van der Waals surface area (Å²) in [7, 11) is 0. The van der Waals surface area contributed by atoms with Crippen LogP contribution in [-0.2, 0) is 0 Å². The lowest BCUT2D eigenvalue weighted by atomic mass is 9.99. The Morgan fingerprint density at radius 2 is 1.21 bits per heavy atom. The molecule has 8 heteroatoms. The first-order chi connectivity index (χ1) is 11.5. The third-order valence-electron chi connectivity index (χ3n) is 3.73. The number of rotatable bonds is 2. The zero-order valence-corrected chi connectivity index (χ0v) is 11.9. The van der Waals surface area contributed by atoms with Gasteiger partial charge in [-0.25, -0.2) is 0 Å². The van der Waals surface area contributed by atoms with E-state index in [4.69, 9.17) is 0 Å². The largest absolute Gasteiger partial charge is 0.270 e. The van der Waals surface area contributed by atoms with E-state index in [9.17, 15) is 30.8 Å². The molecule has 0 bridgehead atoms. The molecule has 0 radical (unpaired) electrons. The molecule has 2 aromatic carbocycles. The van der Waals surface area contributed by atoms with Crippen molar-refractivity contribution in [3.05, 3.63) is 73.3 Å². The van der Waals surface area contributed by atoms with E-state index < -0.39 is 9.85 Å². The number of hydrogen-bond donors (Lipinski definition) is 0. The summed E-state index contributed by atoms with van der Waals surface area (Å²) < 4.78 is 0. The molecule has 0 saturated carbocycles. The summed E-state index contributed by atoms with van der Waals surface area (Å²) in [4.78, 5) is 20.8. The zero-order chi connectivity index (χ0) is 17.4. The minimum atomic E-state index is -0.575. The summed E-state index contributed by atoms with van der Waals surface area (Å²) in [6.45, 7) is 0. The van der Waals surface area contributed by atoms with Gasteiger partial charge < -0.3 is 0 Å². The van der Waals surface area contributed by atoms with Gasteiger partial charge in [-0.05, 0) is 34.4 Å². The maximum Gasteiger partial charge on any atom is 0.270 e. The van der Waals surface area contributed by atoms with Crippen molar-refractivity contribution in [2.24, 2.45) is 0 Å². The molecule has 0 heterocycles. The van der Waals surface area contributed by atoms with Crippen LogP contribution in [-0.4, -0.2) is 9.85 Å². The van der Waals surface area contributed by atoms with Gasteiger partial charge in [0.05, 0.1) is 9.85 Å². The molecule has 1 aliphatic rings. The summed E-state index contributed by atoms with van der Waals surface area (Å²) in [6.07, 6.45) is 0. The van der Waals surface area contributed by atoms with Gasteiger partial charge in [-0.2, -0.15) is 10.5 Å². The highest BCUT2D eigenvalue weighted by Crippen LogP contribution is 2.47. The number of hydrogen-bond acceptors (Lipinski definition) is 6. The summed E-state index contributed by atoms with van der Waals surface area (Å²) >= 11 is 0. The number of nitro benzene ring substituents is 2. The predicted octanol–water partition coefficient (Wildman–Crippen LogP) is 3.33. The van der Waals surface area contributed by atoms with Gasteiger partial charge >= 0.3 is 0 Å². The highest BCUT2D eigenvalue weighted by atomic mass is 16.6. The fraction of sp³-hybridized carbons (Fsp3) is 0. The van der Waals surface area contributed by atoms with Crippen LogP contribution in [0.2, 0.25) is 0 Å². The average molecular weight is 318 g/mol. The van der Waals surface area contributed by atoms with Gasteiger partial charge in [0.1, 0.15) is 17.7 Å². The fourth-order valence-electron chi connectivity index (χ4n) is 2.72. The van der Waals surface area contributed by atoms with Crippen molar-refractivity contribution in [1.29, 1.82) is 10.5 Å². The monoisotopic (exact) mass is 318 g/mol. The lowest BCUT2D eigenvalue weighted by Gasteiger charge is -2.01. The number of nitrogens with zero attached hydrogens (tertiary/aromatic N) is 4. The van der Waals surface area contributed by atoms with Crippen molar-refractivity contribution < 1.29 is 9.85 Å². The summed E-state index contributed by atoms with van der Waals surface area (Å²) in [5.74, 6) is 0. The average Bonchev–Trinajstić information content (AvgIpc) is 2.89. The zero-order valence-electron chi connectivity index (χ0n) is 11.9. The second-order valence-electron chi connectivity index (χ2n) is 4.95. The molecule has 0 aliphatic heterocycles. The molecule has 1 aliphatic carbocycles. The number of allylic oxidation sites excluding steroid dienone is 1. The summed E-state index contributed by atoms with van der Waals surface area (Å²) in [6, 6.07) is 11.6. The molecule has 114 valence electrons. The Labute approximate surface area is 134 Å². The fourth-order valence-corrected chi connectivity index (χ4v) is 2.72. The maximum atomic E-state index is 11.0.